The molecule has 0 saturated heterocycles. The molecule has 0 rings (SSSR count). The average molecular weight is 98.2 g/mol. The summed E-state index contributed by atoms with van der Waals surface area (Å²) < 4.78 is 0. The van der Waals surface area contributed by atoms with E-state index < -0.39 is 0 Å². The first-order chi connectivity index (χ1) is 1.73. The van der Waals surface area contributed by atoms with Gasteiger partial charge in [-0.25, -0.2) is 6.10 Å². The van der Waals surface area contributed by atoms with E-state index in [-0.39, 0.29) is 51.4 Å². The quantitative estimate of drug-likeness (QED) is 0.273. The fourth-order valence-corrected chi connectivity index (χ4v) is 0. The number of rotatable bonds is 0. The minimum atomic E-state index is 0. The number of hydrogen-bond donors (Lipinski definition) is 1. The molecular formula is C3H7KO. The van der Waals surface area contributed by atoms with Crippen molar-refractivity contribution < 1.29 is 56.5 Å². The fourth-order valence-electron chi connectivity index (χ4n) is 0. The summed E-state index contributed by atoms with van der Waals surface area (Å²) in [5.74, 6) is 0. The molecule has 1 nitrogen and oxygen atoms in total. The normalized spacial score (nSPS) is 7.20. The monoisotopic (exact) mass is 98.0 g/mol. The van der Waals surface area contributed by atoms with Crippen molar-refractivity contribution in [1.29, 1.82) is 0 Å². The van der Waals surface area contributed by atoms with E-state index >= 15 is 0 Å². The van der Waals surface area contributed by atoms with Crippen LogP contribution in [0.3, 0.4) is 0 Å². The van der Waals surface area contributed by atoms with Crippen molar-refractivity contribution in [2.24, 2.45) is 0 Å². The Morgan fingerprint density at radius 1 is 1.40 bits per heavy atom. The maximum absolute atomic E-state index is 7.97. The van der Waals surface area contributed by atoms with Gasteiger partial charge in [-0.1, -0.05) is 0 Å². The van der Waals surface area contributed by atoms with E-state index in [1.807, 2.05) is 0 Å². The second-order valence-corrected chi connectivity index (χ2v) is 0.947. The van der Waals surface area contributed by atoms with Crippen LogP contribution in [0.1, 0.15) is 13.8 Å². The zero-order chi connectivity index (χ0) is 3.58. The summed E-state index contributed by atoms with van der Waals surface area (Å²) in [5, 5.41) is 7.97. The van der Waals surface area contributed by atoms with Gasteiger partial charge in [0.2, 0.25) is 0 Å². The van der Waals surface area contributed by atoms with Crippen LogP contribution < -0.4 is 51.4 Å². The number of aliphatic hydroxyl groups excluding tert-OH is 1. The second kappa shape index (κ2) is 5.60. The van der Waals surface area contributed by atoms with Gasteiger partial charge in [0.05, 0.1) is 0 Å². The van der Waals surface area contributed by atoms with Crippen LogP contribution in [0.25, 0.3) is 0 Å². The Morgan fingerprint density at radius 2 is 1.40 bits per heavy atom. The molecule has 0 aromatic carbocycles. The Kier molecular flexibility index (Phi) is 10.9. The molecule has 0 heterocycles. The van der Waals surface area contributed by atoms with Gasteiger partial charge >= 0.3 is 51.4 Å². The van der Waals surface area contributed by atoms with Gasteiger partial charge in [-0.3, -0.25) is 0 Å². The third-order valence-electron chi connectivity index (χ3n) is 0. The number of aliphatic hydroxyl groups is 1. The van der Waals surface area contributed by atoms with Crippen LogP contribution in [0, 0.1) is 6.10 Å². The summed E-state index contributed by atoms with van der Waals surface area (Å²) in [5.41, 5.74) is 0. The van der Waals surface area contributed by atoms with Gasteiger partial charge in [0.25, 0.3) is 0 Å². The van der Waals surface area contributed by atoms with Crippen LogP contribution in [-0.4, -0.2) is 5.11 Å². The predicted octanol–water partition coefficient (Wildman–Crippen LogP) is -2.07. The van der Waals surface area contributed by atoms with Crippen LogP contribution in [0.15, 0.2) is 0 Å². The molecule has 5 heavy (non-hydrogen) atoms. The van der Waals surface area contributed by atoms with Gasteiger partial charge in [0.15, 0.2) is 0 Å². The first-order valence-electron chi connectivity index (χ1n) is 1.22. The van der Waals surface area contributed by atoms with Crippen molar-refractivity contribution in [3.8, 4) is 0 Å². The first-order valence-corrected chi connectivity index (χ1v) is 1.22. The molecule has 2 heteroatoms. The molecule has 0 bridgehead atoms. The van der Waals surface area contributed by atoms with E-state index in [1.54, 1.807) is 13.8 Å². The fraction of sp³-hybridized carbons (Fsp3) is 0.667. The standard InChI is InChI=1S/C3H7O.K/c1-3(2)4;/h4H,1-2H3;/q-1;+1. The van der Waals surface area contributed by atoms with Gasteiger partial charge in [-0.05, 0) is 0 Å². The van der Waals surface area contributed by atoms with E-state index in [9.17, 15) is 0 Å². The molecule has 0 aromatic heterocycles. The molecule has 0 aliphatic carbocycles. The average Bonchev–Trinajstić information content (AvgIpc) is 0.811. The Balaban J connectivity index is 0. The van der Waals surface area contributed by atoms with Crippen LogP contribution in [0.5, 0.6) is 0 Å². The van der Waals surface area contributed by atoms with Crippen molar-refractivity contribution in [2.75, 3.05) is 0 Å². The molecule has 0 aliphatic rings. The molecule has 1 N–H and O–H groups in total. The van der Waals surface area contributed by atoms with Crippen molar-refractivity contribution in [1.82, 2.24) is 0 Å². The maximum Gasteiger partial charge on any atom is 1.00 e. The van der Waals surface area contributed by atoms with Gasteiger partial charge in [0, 0.05) is 0 Å². The van der Waals surface area contributed by atoms with Crippen molar-refractivity contribution >= 4 is 0 Å². The molecule has 0 unspecified atom stereocenters. The molecule has 0 fully saturated rings. The zero-order valence-corrected chi connectivity index (χ0v) is 7.07. The number of hydrogen-bond acceptors (Lipinski definition) is 1. The van der Waals surface area contributed by atoms with Crippen LogP contribution in [-0.2, 0) is 0 Å². The molecule has 0 radical (unpaired) electrons. The zero-order valence-electron chi connectivity index (χ0n) is 3.95. The predicted molar refractivity (Wildman–Crippen MR) is 16.5 cm³/mol. The Labute approximate surface area is 75.2 Å². The second-order valence-electron chi connectivity index (χ2n) is 0.947. The third kappa shape index (κ3) is 28.4. The maximum atomic E-state index is 7.97. The van der Waals surface area contributed by atoms with Crippen molar-refractivity contribution in [3.63, 3.8) is 0 Å². The molecule has 0 aromatic rings. The Hall–Kier alpha value is 1.60. The molecule has 0 aliphatic heterocycles. The summed E-state index contributed by atoms with van der Waals surface area (Å²) in [4.78, 5) is 0. The van der Waals surface area contributed by atoms with E-state index in [0.717, 1.165) is 0 Å². The topological polar surface area (TPSA) is 20.2 Å². The van der Waals surface area contributed by atoms with Gasteiger partial charge in [-0.15, -0.1) is 0 Å². The van der Waals surface area contributed by atoms with E-state index in [4.69, 9.17) is 5.11 Å². The van der Waals surface area contributed by atoms with Crippen LogP contribution in [0.4, 0.5) is 0 Å². The largest absolute Gasteiger partial charge is 1.00 e. The van der Waals surface area contributed by atoms with Crippen LogP contribution in [0.2, 0.25) is 0 Å². The van der Waals surface area contributed by atoms with Crippen molar-refractivity contribution in [3.05, 3.63) is 6.10 Å². The minimum absolute atomic E-state index is 0. The molecular weight excluding hydrogens is 91.1 g/mol. The summed E-state index contributed by atoms with van der Waals surface area (Å²) in [6.45, 7) is 3.28. The first kappa shape index (κ1) is 9.78. The van der Waals surface area contributed by atoms with Gasteiger partial charge in [0.1, 0.15) is 0 Å². The van der Waals surface area contributed by atoms with Crippen molar-refractivity contribution in [2.45, 2.75) is 13.8 Å². The van der Waals surface area contributed by atoms with Gasteiger partial charge in [-0.2, -0.15) is 13.8 Å². The Morgan fingerprint density at radius 3 is 1.40 bits per heavy atom. The molecule has 0 amide bonds. The van der Waals surface area contributed by atoms with E-state index in [0.29, 0.717) is 6.10 Å². The Bertz CT molecular complexity index is 11.6. The van der Waals surface area contributed by atoms with E-state index in [1.165, 1.54) is 0 Å². The SMILES string of the molecule is C[C-](C)O.[K+]. The minimum Gasteiger partial charge on any atom is -0.563 e. The van der Waals surface area contributed by atoms with Crippen LogP contribution >= 0.6 is 0 Å². The smallest absolute Gasteiger partial charge is 0.563 e. The summed E-state index contributed by atoms with van der Waals surface area (Å²) in [6, 6.07) is 0. The summed E-state index contributed by atoms with van der Waals surface area (Å²) >= 11 is 0. The van der Waals surface area contributed by atoms with E-state index in [2.05, 4.69) is 0 Å². The summed E-state index contributed by atoms with van der Waals surface area (Å²) in [7, 11) is 0. The molecule has 0 atom stereocenters. The molecule has 0 saturated carbocycles. The third-order valence-corrected chi connectivity index (χ3v) is 0. The molecule has 0 spiro atoms. The molecule has 26 valence electrons. The summed E-state index contributed by atoms with van der Waals surface area (Å²) in [6.07, 6.45) is 0.417. The van der Waals surface area contributed by atoms with Gasteiger partial charge < -0.3 is 5.11 Å².